The van der Waals surface area contributed by atoms with Crippen molar-refractivity contribution in [3.63, 3.8) is 0 Å². The third-order valence-electron chi connectivity index (χ3n) is 3.87. The average Bonchev–Trinajstić information content (AvgIpc) is 2.95. The first kappa shape index (κ1) is 13.5. The van der Waals surface area contributed by atoms with E-state index < -0.39 is 0 Å². The minimum atomic E-state index is 0.0468. The molecule has 1 aliphatic carbocycles. The minimum absolute atomic E-state index is 0.0468. The van der Waals surface area contributed by atoms with Gasteiger partial charge in [-0.1, -0.05) is 12.8 Å². The number of thiophene rings is 1. The second-order valence-corrected chi connectivity index (χ2v) is 7.27. The molecule has 1 unspecified atom stereocenters. The van der Waals surface area contributed by atoms with E-state index in [-0.39, 0.29) is 5.60 Å². The van der Waals surface area contributed by atoms with Crippen molar-refractivity contribution in [2.45, 2.75) is 43.7 Å². The Balaban J connectivity index is 2.10. The summed E-state index contributed by atoms with van der Waals surface area (Å²) in [6, 6.07) is 4.75. The van der Waals surface area contributed by atoms with Crippen LogP contribution in [0.4, 0.5) is 0 Å². The highest BCUT2D eigenvalue weighted by Crippen LogP contribution is 2.37. The monoisotopic (exact) mass is 317 g/mol. The van der Waals surface area contributed by atoms with Crippen LogP contribution in [-0.2, 0) is 11.2 Å². The summed E-state index contributed by atoms with van der Waals surface area (Å²) >= 11 is 5.35. The van der Waals surface area contributed by atoms with Crippen LogP contribution in [0.2, 0.25) is 0 Å². The summed E-state index contributed by atoms with van der Waals surface area (Å²) in [7, 11) is 3.91. The zero-order valence-electron chi connectivity index (χ0n) is 10.5. The molecule has 0 aliphatic heterocycles. The summed E-state index contributed by atoms with van der Waals surface area (Å²) < 4.78 is 7.07. The van der Waals surface area contributed by atoms with E-state index in [2.05, 4.69) is 33.4 Å². The molecule has 2 rings (SSSR count). The molecule has 0 saturated heterocycles. The van der Waals surface area contributed by atoms with E-state index in [4.69, 9.17) is 4.74 Å². The van der Waals surface area contributed by atoms with E-state index in [1.54, 1.807) is 0 Å². The zero-order valence-corrected chi connectivity index (χ0v) is 12.9. The van der Waals surface area contributed by atoms with Crippen LogP contribution in [0.5, 0.6) is 0 Å². The van der Waals surface area contributed by atoms with Gasteiger partial charge in [-0.15, -0.1) is 11.3 Å². The van der Waals surface area contributed by atoms with Gasteiger partial charge < -0.3 is 10.1 Å². The maximum absolute atomic E-state index is 5.86. The van der Waals surface area contributed by atoms with Gasteiger partial charge in [0, 0.05) is 18.0 Å². The van der Waals surface area contributed by atoms with Crippen molar-refractivity contribution in [3.8, 4) is 0 Å². The Morgan fingerprint density at radius 2 is 2.18 bits per heavy atom. The Morgan fingerprint density at radius 3 is 2.65 bits per heavy atom. The molecule has 1 fully saturated rings. The van der Waals surface area contributed by atoms with Crippen molar-refractivity contribution in [1.82, 2.24) is 5.32 Å². The predicted molar refractivity (Wildman–Crippen MR) is 76.8 cm³/mol. The fraction of sp³-hybridized carbons (Fsp3) is 0.692. The molecular weight excluding hydrogens is 298 g/mol. The lowest BCUT2D eigenvalue weighted by Gasteiger charge is -2.36. The largest absolute Gasteiger partial charge is 0.377 e. The van der Waals surface area contributed by atoms with Gasteiger partial charge in [0.05, 0.1) is 9.39 Å². The molecule has 1 N–H and O–H groups in total. The Hall–Kier alpha value is 0.1000. The molecule has 1 heterocycles. The van der Waals surface area contributed by atoms with Crippen LogP contribution >= 0.6 is 27.3 Å². The van der Waals surface area contributed by atoms with Gasteiger partial charge in [-0.05, 0) is 54.4 Å². The maximum Gasteiger partial charge on any atom is 0.0834 e. The quantitative estimate of drug-likeness (QED) is 0.896. The molecule has 0 bridgehead atoms. The SMILES string of the molecule is CNC(Cc1ccc(Br)s1)C1(OC)CCCC1. The van der Waals surface area contributed by atoms with Crippen LogP contribution in [0.1, 0.15) is 30.6 Å². The Kier molecular flexibility index (Phi) is 4.64. The Labute approximate surface area is 116 Å². The van der Waals surface area contributed by atoms with Crippen LogP contribution < -0.4 is 5.32 Å². The van der Waals surface area contributed by atoms with Gasteiger partial charge in [0.15, 0.2) is 0 Å². The van der Waals surface area contributed by atoms with Crippen LogP contribution in [0, 0.1) is 0 Å². The van der Waals surface area contributed by atoms with E-state index in [1.165, 1.54) is 34.3 Å². The van der Waals surface area contributed by atoms with Crippen LogP contribution in [-0.4, -0.2) is 25.8 Å². The Bertz CT molecular complexity index is 360. The molecule has 1 aromatic heterocycles. The van der Waals surface area contributed by atoms with Gasteiger partial charge in [-0.3, -0.25) is 0 Å². The van der Waals surface area contributed by atoms with E-state index in [0.717, 1.165) is 6.42 Å². The number of halogens is 1. The third kappa shape index (κ3) is 2.92. The van der Waals surface area contributed by atoms with Gasteiger partial charge in [0.1, 0.15) is 0 Å². The van der Waals surface area contributed by atoms with Gasteiger partial charge in [-0.2, -0.15) is 0 Å². The lowest BCUT2D eigenvalue weighted by atomic mass is 9.89. The van der Waals surface area contributed by atoms with Crippen molar-refractivity contribution < 1.29 is 4.74 Å². The summed E-state index contributed by atoms with van der Waals surface area (Å²) in [6.07, 6.45) is 6.00. The van der Waals surface area contributed by atoms with Crippen molar-refractivity contribution in [1.29, 1.82) is 0 Å². The van der Waals surface area contributed by atoms with Crippen LogP contribution in [0.15, 0.2) is 15.9 Å². The zero-order chi connectivity index (χ0) is 12.3. The summed E-state index contributed by atoms with van der Waals surface area (Å²) in [5, 5.41) is 3.46. The summed E-state index contributed by atoms with van der Waals surface area (Å²) in [5.41, 5.74) is 0.0468. The van der Waals surface area contributed by atoms with Crippen molar-refractivity contribution in [3.05, 3.63) is 20.8 Å². The molecular formula is C13H20BrNOS. The normalized spacial score (nSPS) is 20.6. The van der Waals surface area contributed by atoms with E-state index in [1.807, 2.05) is 25.5 Å². The predicted octanol–water partition coefficient (Wildman–Crippen LogP) is 3.60. The third-order valence-corrected chi connectivity index (χ3v) is 5.52. The molecule has 1 aromatic rings. The van der Waals surface area contributed by atoms with Gasteiger partial charge in [0.2, 0.25) is 0 Å². The topological polar surface area (TPSA) is 21.3 Å². The van der Waals surface area contributed by atoms with Crippen molar-refractivity contribution in [2.75, 3.05) is 14.2 Å². The number of likely N-dealkylation sites (N-methyl/N-ethyl adjacent to an activating group) is 1. The fourth-order valence-corrected chi connectivity index (χ4v) is 4.41. The van der Waals surface area contributed by atoms with E-state index >= 15 is 0 Å². The van der Waals surface area contributed by atoms with Gasteiger partial charge in [-0.25, -0.2) is 0 Å². The molecule has 0 aromatic carbocycles. The highest BCUT2D eigenvalue weighted by molar-refractivity contribution is 9.11. The molecule has 0 amide bonds. The molecule has 4 heteroatoms. The first-order valence-corrected chi connectivity index (χ1v) is 7.78. The molecule has 96 valence electrons. The fourth-order valence-electron chi connectivity index (χ4n) is 2.88. The molecule has 1 aliphatic rings. The first-order valence-electron chi connectivity index (χ1n) is 6.17. The number of nitrogens with one attached hydrogen (secondary N) is 1. The standard InChI is InChI=1S/C13H20BrNOS/c1-15-11(9-10-5-6-12(14)17-10)13(16-2)7-3-4-8-13/h5-6,11,15H,3-4,7-9H2,1-2H3. The summed E-state index contributed by atoms with van der Waals surface area (Å²) in [6.45, 7) is 0. The maximum atomic E-state index is 5.86. The molecule has 1 saturated carbocycles. The second-order valence-electron chi connectivity index (χ2n) is 4.73. The minimum Gasteiger partial charge on any atom is -0.377 e. The highest BCUT2D eigenvalue weighted by Gasteiger charge is 2.40. The second kappa shape index (κ2) is 5.83. The molecule has 0 radical (unpaired) electrons. The molecule has 0 spiro atoms. The lowest BCUT2D eigenvalue weighted by molar-refractivity contribution is -0.0334. The van der Waals surface area contributed by atoms with Crippen LogP contribution in [0.25, 0.3) is 0 Å². The Morgan fingerprint density at radius 1 is 1.47 bits per heavy atom. The number of hydrogen-bond acceptors (Lipinski definition) is 3. The van der Waals surface area contributed by atoms with Gasteiger partial charge in [0.25, 0.3) is 0 Å². The van der Waals surface area contributed by atoms with E-state index in [9.17, 15) is 0 Å². The number of hydrogen-bond donors (Lipinski definition) is 1. The smallest absolute Gasteiger partial charge is 0.0834 e. The van der Waals surface area contributed by atoms with E-state index in [0.29, 0.717) is 6.04 Å². The van der Waals surface area contributed by atoms with Crippen molar-refractivity contribution in [2.24, 2.45) is 0 Å². The molecule has 1 atom stereocenters. The molecule has 17 heavy (non-hydrogen) atoms. The average molecular weight is 318 g/mol. The van der Waals surface area contributed by atoms with Gasteiger partial charge >= 0.3 is 0 Å². The summed E-state index contributed by atoms with van der Waals surface area (Å²) in [4.78, 5) is 1.42. The van der Waals surface area contributed by atoms with Crippen LogP contribution in [0.3, 0.4) is 0 Å². The number of rotatable bonds is 5. The first-order chi connectivity index (χ1) is 8.20. The highest BCUT2D eigenvalue weighted by atomic mass is 79.9. The number of methoxy groups -OCH3 is 1. The number of ether oxygens (including phenoxy) is 1. The summed E-state index contributed by atoms with van der Waals surface area (Å²) in [5.74, 6) is 0. The van der Waals surface area contributed by atoms with Crippen molar-refractivity contribution >= 4 is 27.3 Å². The molecule has 2 nitrogen and oxygen atoms in total. The lowest BCUT2D eigenvalue weighted by Crippen LogP contribution is -2.50.